The minimum absolute atomic E-state index is 0.0749. The van der Waals surface area contributed by atoms with E-state index in [9.17, 15) is 9.90 Å². The summed E-state index contributed by atoms with van der Waals surface area (Å²) in [7, 11) is 3.49. The Kier molecular flexibility index (Phi) is 2.25. The van der Waals surface area contributed by atoms with Gasteiger partial charge in [0.1, 0.15) is 0 Å². The lowest BCUT2D eigenvalue weighted by Crippen LogP contribution is -2.60. The molecule has 0 bridgehead atoms. The number of aryl methyl sites for hydroxylation is 2. The molecule has 1 aliphatic rings. The lowest BCUT2D eigenvalue weighted by molar-refractivity contribution is 0.0312. The number of rotatable bonds is 1. The average Bonchev–Trinajstić information content (AvgIpc) is 2.51. The maximum Gasteiger partial charge on any atom is 0.328 e. The molecule has 0 unspecified atom stereocenters. The highest BCUT2D eigenvalue weighted by molar-refractivity contribution is 5.93. The highest BCUT2D eigenvalue weighted by atomic mass is 16.3. The monoisotopic (exact) mass is 262 g/mol. The van der Waals surface area contributed by atoms with E-state index in [4.69, 9.17) is 5.73 Å². The molecule has 0 spiro atoms. The van der Waals surface area contributed by atoms with E-state index in [0.29, 0.717) is 18.8 Å². The number of aliphatic hydroxyl groups is 1. The molecule has 1 aliphatic heterocycles. The third-order valence-electron chi connectivity index (χ3n) is 3.77. The highest BCUT2D eigenvalue weighted by Crippen LogP contribution is 2.34. The second-order valence-corrected chi connectivity index (χ2v) is 5.66. The summed E-state index contributed by atoms with van der Waals surface area (Å²) < 4.78 is 3.21. The summed E-state index contributed by atoms with van der Waals surface area (Å²) in [5.41, 5.74) is 8.38. The number of nitrogens with two attached hydrogens (primary N) is 1. The van der Waals surface area contributed by atoms with E-state index in [-0.39, 0.29) is 5.69 Å². The number of imidazole rings is 1. The van der Waals surface area contributed by atoms with E-state index < -0.39 is 5.60 Å². The van der Waals surface area contributed by atoms with E-state index in [1.807, 2.05) is 11.0 Å². The van der Waals surface area contributed by atoms with Gasteiger partial charge in [0, 0.05) is 32.9 Å². The fourth-order valence-electron chi connectivity index (χ4n) is 2.84. The van der Waals surface area contributed by atoms with Crippen LogP contribution in [0.15, 0.2) is 16.9 Å². The second-order valence-electron chi connectivity index (χ2n) is 5.66. The first-order valence-corrected chi connectivity index (χ1v) is 6.22. The molecule has 102 valence electrons. The minimum Gasteiger partial charge on any atom is -0.399 e. The maximum atomic E-state index is 12.0. The molecular formula is C13H18N4O2. The van der Waals surface area contributed by atoms with Crippen molar-refractivity contribution < 1.29 is 5.11 Å². The van der Waals surface area contributed by atoms with Gasteiger partial charge in [-0.25, -0.2) is 4.79 Å². The molecule has 0 saturated carbocycles. The highest BCUT2D eigenvalue weighted by Gasteiger charge is 2.37. The first kappa shape index (κ1) is 12.1. The molecule has 0 aliphatic carbocycles. The summed E-state index contributed by atoms with van der Waals surface area (Å²) in [6, 6.07) is 3.66. The van der Waals surface area contributed by atoms with Gasteiger partial charge < -0.3 is 15.7 Å². The van der Waals surface area contributed by atoms with Gasteiger partial charge in [-0.2, -0.15) is 0 Å². The van der Waals surface area contributed by atoms with Gasteiger partial charge in [-0.05, 0) is 19.1 Å². The third-order valence-corrected chi connectivity index (χ3v) is 3.77. The van der Waals surface area contributed by atoms with Crippen molar-refractivity contribution in [1.82, 2.24) is 9.13 Å². The number of aromatic nitrogens is 2. The molecule has 2 aromatic rings. The first-order chi connectivity index (χ1) is 8.80. The van der Waals surface area contributed by atoms with Crippen LogP contribution >= 0.6 is 0 Å². The van der Waals surface area contributed by atoms with E-state index in [2.05, 4.69) is 0 Å². The van der Waals surface area contributed by atoms with Crippen LogP contribution in [0.3, 0.4) is 0 Å². The Labute approximate surface area is 110 Å². The molecular weight excluding hydrogens is 244 g/mol. The summed E-state index contributed by atoms with van der Waals surface area (Å²) in [5.74, 6) is 0. The summed E-state index contributed by atoms with van der Waals surface area (Å²) >= 11 is 0. The SMILES string of the molecule is Cn1c(=O)n(C)c2c(N3CC(C)(O)C3)cc(N)cc21. The Bertz CT molecular complexity index is 718. The van der Waals surface area contributed by atoms with Crippen LogP contribution in [-0.4, -0.2) is 32.9 Å². The normalized spacial score (nSPS) is 17.8. The van der Waals surface area contributed by atoms with Crippen LogP contribution in [-0.2, 0) is 14.1 Å². The van der Waals surface area contributed by atoms with E-state index >= 15 is 0 Å². The summed E-state index contributed by atoms with van der Waals surface area (Å²) in [4.78, 5) is 14.1. The molecule has 6 nitrogen and oxygen atoms in total. The number of nitrogens with zero attached hydrogens (tertiary/aromatic N) is 3. The quantitative estimate of drug-likeness (QED) is 0.711. The van der Waals surface area contributed by atoms with E-state index in [1.165, 1.54) is 0 Å². The molecule has 3 rings (SSSR count). The van der Waals surface area contributed by atoms with Crippen molar-refractivity contribution in [3.8, 4) is 0 Å². The number of β-amino-alcohol motifs (C(OH)–C–C–N with tert-alkyl or cyclic N) is 1. The number of anilines is 2. The average molecular weight is 262 g/mol. The Morgan fingerprint density at radius 3 is 2.47 bits per heavy atom. The Morgan fingerprint density at radius 2 is 1.89 bits per heavy atom. The van der Waals surface area contributed by atoms with Crippen molar-refractivity contribution in [2.45, 2.75) is 12.5 Å². The predicted molar refractivity (Wildman–Crippen MR) is 75.4 cm³/mol. The second kappa shape index (κ2) is 3.54. The third kappa shape index (κ3) is 1.63. The van der Waals surface area contributed by atoms with Gasteiger partial charge in [0.15, 0.2) is 0 Å². The molecule has 0 atom stereocenters. The van der Waals surface area contributed by atoms with Crippen LogP contribution in [0.25, 0.3) is 11.0 Å². The van der Waals surface area contributed by atoms with Gasteiger partial charge in [0.2, 0.25) is 0 Å². The number of fused-ring (bicyclic) bond motifs is 1. The zero-order valence-electron chi connectivity index (χ0n) is 11.3. The van der Waals surface area contributed by atoms with Gasteiger partial charge in [-0.3, -0.25) is 9.13 Å². The predicted octanol–water partition coefficient (Wildman–Crippen LogP) is 0.0302. The van der Waals surface area contributed by atoms with Crippen molar-refractivity contribution in [2.24, 2.45) is 14.1 Å². The summed E-state index contributed by atoms with van der Waals surface area (Å²) in [5, 5.41) is 9.87. The van der Waals surface area contributed by atoms with Crippen molar-refractivity contribution in [3.05, 3.63) is 22.6 Å². The van der Waals surface area contributed by atoms with Gasteiger partial charge in [0.05, 0.1) is 22.3 Å². The molecule has 2 heterocycles. The summed E-state index contributed by atoms with van der Waals surface area (Å²) in [6.07, 6.45) is 0. The van der Waals surface area contributed by atoms with Crippen LogP contribution < -0.4 is 16.3 Å². The van der Waals surface area contributed by atoms with Gasteiger partial charge in [-0.1, -0.05) is 0 Å². The maximum absolute atomic E-state index is 12.0. The fourth-order valence-corrected chi connectivity index (χ4v) is 2.84. The molecule has 0 radical (unpaired) electrons. The molecule has 1 saturated heterocycles. The molecule has 3 N–H and O–H groups in total. The zero-order chi connectivity index (χ0) is 13.9. The zero-order valence-corrected chi connectivity index (χ0v) is 11.3. The molecule has 6 heteroatoms. The number of nitrogen functional groups attached to an aromatic ring is 1. The molecule has 1 aromatic heterocycles. The van der Waals surface area contributed by atoms with Crippen LogP contribution in [0.1, 0.15) is 6.92 Å². The van der Waals surface area contributed by atoms with E-state index in [0.717, 1.165) is 16.7 Å². The van der Waals surface area contributed by atoms with Crippen LogP contribution in [0.4, 0.5) is 11.4 Å². The largest absolute Gasteiger partial charge is 0.399 e. The van der Waals surface area contributed by atoms with Gasteiger partial charge in [-0.15, -0.1) is 0 Å². The lowest BCUT2D eigenvalue weighted by Gasteiger charge is -2.46. The Morgan fingerprint density at radius 1 is 1.26 bits per heavy atom. The first-order valence-electron chi connectivity index (χ1n) is 6.22. The standard InChI is InChI=1S/C13H18N4O2/c1-13(19)6-17(7-13)10-5-8(14)4-9-11(10)16(3)12(18)15(9)2/h4-5,19H,6-7,14H2,1-3H3. The smallest absolute Gasteiger partial charge is 0.328 e. The topological polar surface area (TPSA) is 76.4 Å². The van der Waals surface area contributed by atoms with Crippen molar-refractivity contribution in [3.63, 3.8) is 0 Å². The van der Waals surface area contributed by atoms with Crippen molar-refractivity contribution >= 4 is 22.4 Å². The molecule has 0 amide bonds. The number of benzene rings is 1. The van der Waals surface area contributed by atoms with Crippen molar-refractivity contribution in [1.29, 1.82) is 0 Å². The number of hydrogen-bond donors (Lipinski definition) is 2. The summed E-state index contributed by atoms with van der Waals surface area (Å²) in [6.45, 7) is 2.90. The lowest BCUT2D eigenvalue weighted by atomic mass is 9.95. The van der Waals surface area contributed by atoms with Crippen LogP contribution in [0.5, 0.6) is 0 Å². The van der Waals surface area contributed by atoms with E-state index in [1.54, 1.807) is 36.2 Å². The van der Waals surface area contributed by atoms with Crippen LogP contribution in [0, 0.1) is 0 Å². The van der Waals surface area contributed by atoms with Crippen LogP contribution in [0.2, 0.25) is 0 Å². The molecule has 19 heavy (non-hydrogen) atoms. The number of hydrogen-bond acceptors (Lipinski definition) is 4. The fraction of sp³-hybridized carbons (Fsp3) is 0.462. The van der Waals surface area contributed by atoms with Gasteiger partial charge in [0.25, 0.3) is 0 Å². The Balaban J connectivity index is 2.25. The molecule has 1 fully saturated rings. The van der Waals surface area contributed by atoms with Crippen molar-refractivity contribution in [2.75, 3.05) is 23.7 Å². The minimum atomic E-state index is -0.662. The van der Waals surface area contributed by atoms with Gasteiger partial charge >= 0.3 is 5.69 Å². The molecule has 1 aromatic carbocycles. The Hall–Kier alpha value is -1.95.